The Bertz CT molecular complexity index is 1140. The predicted molar refractivity (Wildman–Crippen MR) is 126 cm³/mol. The Hall–Kier alpha value is -2.39. The van der Waals surface area contributed by atoms with Gasteiger partial charge in [-0.15, -0.1) is 0 Å². The zero-order valence-electron chi connectivity index (χ0n) is 19.5. The summed E-state index contributed by atoms with van der Waals surface area (Å²) in [5.41, 5.74) is 5.92. The first-order valence-corrected chi connectivity index (χ1v) is 13.0. The standard InChI is InChI=1S/C26H29NO6S/c1-15-18(3-4-19-21(15)12-32-25(19)29)23(11-28)27-9-7-17(8-10-27)14-34(31)24-6-5-20-22(16(24)2)13-33-26(20)30/h3-6,17,23,28H,7-14H2,1-2H3/t23-,34?/m1/s1. The maximum Gasteiger partial charge on any atom is 0.338 e. The van der Waals surface area contributed by atoms with Crippen LogP contribution in [0, 0.1) is 19.8 Å². The molecule has 0 radical (unpaired) electrons. The van der Waals surface area contributed by atoms with Gasteiger partial charge in [-0.1, -0.05) is 6.07 Å². The van der Waals surface area contributed by atoms with Crippen LogP contribution in [0.2, 0.25) is 0 Å². The Kier molecular flexibility index (Phi) is 6.41. The quantitative estimate of drug-likeness (QED) is 0.498. The van der Waals surface area contributed by atoms with Crippen LogP contribution in [0.5, 0.6) is 0 Å². The van der Waals surface area contributed by atoms with Crippen molar-refractivity contribution in [3.63, 3.8) is 0 Å². The fraction of sp³-hybridized carbons (Fsp3) is 0.462. The Labute approximate surface area is 202 Å². The zero-order valence-corrected chi connectivity index (χ0v) is 20.3. The molecule has 1 fully saturated rings. The van der Waals surface area contributed by atoms with Gasteiger partial charge in [0.15, 0.2) is 4.90 Å². The van der Waals surface area contributed by atoms with E-state index in [0.717, 1.165) is 58.6 Å². The summed E-state index contributed by atoms with van der Waals surface area (Å²) in [7, 11) is 0. The van der Waals surface area contributed by atoms with Crippen LogP contribution in [-0.4, -0.2) is 51.9 Å². The topological polar surface area (TPSA) is 99.1 Å². The van der Waals surface area contributed by atoms with Gasteiger partial charge in [0.2, 0.25) is 0 Å². The van der Waals surface area contributed by atoms with Gasteiger partial charge in [0, 0.05) is 22.6 Å². The fourth-order valence-electron chi connectivity index (χ4n) is 5.45. The van der Waals surface area contributed by atoms with E-state index < -0.39 is 11.2 Å². The molecule has 2 aromatic rings. The highest BCUT2D eigenvalue weighted by Gasteiger charge is 2.33. The lowest BCUT2D eigenvalue weighted by Gasteiger charge is -2.37. The summed E-state index contributed by atoms with van der Waals surface area (Å²) in [4.78, 5) is 26.7. The minimum Gasteiger partial charge on any atom is -0.611 e. The molecular formula is C26H29NO6S. The number of hydrogen-bond acceptors (Lipinski definition) is 7. The number of aliphatic hydroxyl groups excluding tert-OH is 1. The molecule has 3 aliphatic rings. The van der Waals surface area contributed by atoms with E-state index in [2.05, 4.69) is 4.90 Å². The molecule has 0 saturated carbocycles. The molecule has 3 heterocycles. The minimum absolute atomic E-state index is 0.000138. The van der Waals surface area contributed by atoms with Crippen molar-refractivity contribution < 1.29 is 28.7 Å². The average molecular weight is 484 g/mol. The Morgan fingerprint density at radius 1 is 1.00 bits per heavy atom. The SMILES string of the molecule is Cc1c([C@@H](CO)N2CCC(C[S+]([O-])c3ccc4c(c3C)COC4=O)CC2)ccc2c1COC2=O. The number of likely N-dealkylation sites (tertiary alicyclic amines) is 1. The average Bonchev–Trinajstić information content (AvgIpc) is 3.40. The lowest BCUT2D eigenvalue weighted by molar-refractivity contribution is 0.0526. The molecule has 0 amide bonds. The number of carbonyl (C=O) groups excluding carboxylic acids is 2. The molecule has 1 N–H and O–H groups in total. The van der Waals surface area contributed by atoms with Crippen LogP contribution in [0.25, 0.3) is 0 Å². The fourth-order valence-corrected chi connectivity index (χ4v) is 7.07. The highest BCUT2D eigenvalue weighted by molar-refractivity contribution is 7.91. The van der Waals surface area contributed by atoms with Crippen molar-refractivity contribution in [2.75, 3.05) is 25.4 Å². The van der Waals surface area contributed by atoms with E-state index in [4.69, 9.17) is 9.47 Å². The molecule has 2 aromatic carbocycles. The normalized spacial score (nSPS) is 20.0. The summed E-state index contributed by atoms with van der Waals surface area (Å²) in [6, 6.07) is 7.15. The molecule has 0 spiro atoms. The second kappa shape index (κ2) is 9.34. The van der Waals surface area contributed by atoms with Crippen molar-refractivity contribution >= 4 is 23.1 Å². The van der Waals surface area contributed by atoms with Crippen molar-refractivity contribution in [2.24, 2.45) is 5.92 Å². The predicted octanol–water partition coefficient (Wildman–Crippen LogP) is 3.20. The molecule has 5 rings (SSSR count). The zero-order chi connectivity index (χ0) is 24.0. The van der Waals surface area contributed by atoms with E-state index in [1.165, 1.54) is 0 Å². The molecule has 180 valence electrons. The van der Waals surface area contributed by atoms with Crippen LogP contribution >= 0.6 is 0 Å². The summed E-state index contributed by atoms with van der Waals surface area (Å²) >= 11 is -1.14. The van der Waals surface area contributed by atoms with Crippen LogP contribution in [0.3, 0.4) is 0 Å². The molecule has 34 heavy (non-hydrogen) atoms. The van der Waals surface area contributed by atoms with E-state index in [1.54, 1.807) is 12.1 Å². The molecule has 0 aliphatic carbocycles. The number of esters is 2. The van der Waals surface area contributed by atoms with Gasteiger partial charge in [-0.3, -0.25) is 4.90 Å². The van der Waals surface area contributed by atoms with E-state index >= 15 is 0 Å². The second-order valence-electron chi connectivity index (χ2n) is 9.36. The number of cyclic esters (lactones) is 2. The van der Waals surface area contributed by atoms with Crippen LogP contribution in [0.4, 0.5) is 0 Å². The number of piperidine rings is 1. The molecule has 0 bridgehead atoms. The van der Waals surface area contributed by atoms with E-state index in [1.807, 2.05) is 26.0 Å². The number of rotatable bonds is 6. The van der Waals surface area contributed by atoms with Gasteiger partial charge >= 0.3 is 11.9 Å². The number of benzene rings is 2. The number of aliphatic hydroxyl groups is 1. The summed E-state index contributed by atoms with van der Waals surface area (Å²) < 4.78 is 23.5. The van der Waals surface area contributed by atoms with Gasteiger partial charge in [-0.25, -0.2) is 9.59 Å². The Morgan fingerprint density at radius 2 is 1.59 bits per heavy atom. The monoisotopic (exact) mass is 483 g/mol. The first-order valence-electron chi connectivity index (χ1n) is 11.7. The summed E-state index contributed by atoms with van der Waals surface area (Å²) in [5.74, 6) is 0.327. The Balaban J connectivity index is 1.24. The molecule has 2 atom stereocenters. The van der Waals surface area contributed by atoms with Crippen molar-refractivity contribution in [1.29, 1.82) is 0 Å². The molecule has 3 aliphatic heterocycles. The molecule has 8 heteroatoms. The van der Waals surface area contributed by atoms with Gasteiger partial charge in [-0.05, 0) is 80.3 Å². The first kappa shape index (κ1) is 23.4. The third-order valence-electron chi connectivity index (χ3n) is 7.58. The first-order chi connectivity index (χ1) is 16.4. The summed E-state index contributed by atoms with van der Waals surface area (Å²) in [5, 5.41) is 10.2. The largest absolute Gasteiger partial charge is 0.611 e. The number of carbonyl (C=O) groups is 2. The van der Waals surface area contributed by atoms with Gasteiger partial charge in [0.05, 0.1) is 23.8 Å². The second-order valence-corrected chi connectivity index (χ2v) is 10.8. The smallest absolute Gasteiger partial charge is 0.338 e. The molecule has 0 aromatic heterocycles. The molecule has 1 unspecified atom stereocenters. The van der Waals surface area contributed by atoms with E-state index in [9.17, 15) is 19.2 Å². The highest BCUT2D eigenvalue weighted by Crippen LogP contribution is 2.35. The van der Waals surface area contributed by atoms with Gasteiger partial charge in [-0.2, -0.15) is 0 Å². The summed E-state index contributed by atoms with van der Waals surface area (Å²) in [6.45, 7) is 6.08. The van der Waals surface area contributed by atoms with Crippen molar-refractivity contribution in [1.82, 2.24) is 4.90 Å². The van der Waals surface area contributed by atoms with Gasteiger partial charge in [0.25, 0.3) is 0 Å². The number of nitrogens with zero attached hydrogens (tertiary/aromatic N) is 1. The van der Waals surface area contributed by atoms with Crippen LogP contribution < -0.4 is 0 Å². The number of hydrogen-bond donors (Lipinski definition) is 1. The number of fused-ring (bicyclic) bond motifs is 2. The minimum atomic E-state index is -1.14. The Morgan fingerprint density at radius 3 is 2.21 bits per heavy atom. The van der Waals surface area contributed by atoms with Crippen molar-refractivity contribution in [3.05, 3.63) is 63.2 Å². The molecule has 1 saturated heterocycles. The maximum absolute atomic E-state index is 13.2. The van der Waals surface area contributed by atoms with Crippen molar-refractivity contribution in [2.45, 2.75) is 50.8 Å². The van der Waals surface area contributed by atoms with Gasteiger partial charge in [0.1, 0.15) is 19.0 Å². The van der Waals surface area contributed by atoms with Crippen molar-refractivity contribution in [3.8, 4) is 0 Å². The van der Waals surface area contributed by atoms with Crippen LogP contribution in [0.15, 0.2) is 29.2 Å². The van der Waals surface area contributed by atoms with E-state index in [0.29, 0.717) is 29.4 Å². The lowest BCUT2D eigenvalue weighted by Crippen LogP contribution is -2.40. The number of ether oxygens (including phenoxy) is 2. The summed E-state index contributed by atoms with van der Waals surface area (Å²) in [6.07, 6.45) is 1.80. The third kappa shape index (κ3) is 4.02. The van der Waals surface area contributed by atoms with Crippen LogP contribution in [0.1, 0.15) is 67.4 Å². The van der Waals surface area contributed by atoms with Crippen LogP contribution in [-0.2, 0) is 33.9 Å². The van der Waals surface area contributed by atoms with Gasteiger partial charge < -0.3 is 19.1 Å². The molecular weight excluding hydrogens is 454 g/mol. The van der Waals surface area contributed by atoms with E-state index in [-0.39, 0.29) is 31.2 Å². The molecule has 7 nitrogen and oxygen atoms in total. The highest BCUT2D eigenvalue weighted by atomic mass is 32.2. The third-order valence-corrected chi connectivity index (χ3v) is 9.29. The lowest BCUT2D eigenvalue weighted by atomic mass is 9.91. The maximum atomic E-state index is 13.2.